The van der Waals surface area contributed by atoms with Gasteiger partial charge >= 0.3 is 0 Å². The molecule has 2 aromatic heterocycles. The van der Waals surface area contributed by atoms with E-state index in [4.69, 9.17) is 0 Å². The maximum atomic E-state index is 13.7. The lowest BCUT2D eigenvalue weighted by atomic mass is 9.95. The van der Waals surface area contributed by atoms with Gasteiger partial charge in [0.15, 0.2) is 5.69 Å². The van der Waals surface area contributed by atoms with Crippen molar-refractivity contribution in [1.82, 2.24) is 9.97 Å². The lowest BCUT2D eigenvalue weighted by molar-refractivity contribution is 0.460. The molecule has 0 aliphatic carbocycles. The predicted molar refractivity (Wildman–Crippen MR) is 96.7 cm³/mol. The lowest BCUT2D eigenvalue weighted by Gasteiger charge is -2.12. The van der Waals surface area contributed by atoms with Crippen molar-refractivity contribution in [3.63, 3.8) is 0 Å². The first kappa shape index (κ1) is 15.7. The van der Waals surface area contributed by atoms with Crippen molar-refractivity contribution in [2.24, 2.45) is 0 Å². The molecule has 124 valence electrons. The summed E-state index contributed by atoms with van der Waals surface area (Å²) < 4.78 is 13.7. The second kappa shape index (κ2) is 6.26. The Morgan fingerprint density at radius 2 is 1.81 bits per heavy atom. The second-order valence-electron chi connectivity index (χ2n) is 5.76. The summed E-state index contributed by atoms with van der Waals surface area (Å²) >= 11 is 0. The van der Waals surface area contributed by atoms with Gasteiger partial charge in [-0.05, 0) is 47.3 Å². The minimum atomic E-state index is -0.409. The first-order valence-electron chi connectivity index (χ1n) is 7.91. The zero-order valence-corrected chi connectivity index (χ0v) is 13.5. The summed E-state index contributed by atoms with van der Waals surface area (Å²) in [5.41, 5.74) is 2.63. The third-order valence-corrected chi connectivity index (χ3v) is 4.16. The number of pyridine rings is 2. The summed E-state index contributed by atoms with van der Waals surface area (Å²) in [5.74, 6) is -0.641. The summed E-state index contributed by atoms with van der Waals surface area (Å²) in [7, 11) is 0. The molecular formula is C21H12FN3O. The van der Waals surface area contributed by atoms with Crippen LogP contribution in [0.2, 0.25) is 0 Å². The van der Waals surface area contributed by atoms with Gasteiger partial charge in [0.2, 0.25) is 5.88 Å². The molecule has 4 rings (SSSR count). The minimum absolute atomic E-state index is 0.0405. The molecule has 4 aromatic rings. The van der Waals surface area contributed by atoms with Crippen molar-refractivity contribution in [2.45, 2.75) is 0 Å². The number of fused-ring (bicyclic) bond motifs is 1. The van der Waals surface area contributed by atoms with E-state index in [1.165, 1.54) is 12.1 Å². The summed E-state index contributed by atoms with van der Waals surface area (Å²) in [6.45, 7) is 0. The molecule has 1 N–H and O–H groups in total. The maximum Gasteiger partial charge on any atom is 0.220 e. The van der Waals surface area contributed by atoms with E-state index in [1.807, 2.05) is 36.4 Å². The zero-order valence-electron chi connectivity index (χ0n) is 13.5. The Balaban J connectivity index is 2.08. The van der Waals surface area contributed by atoms with Crippen LogP contribution < -0.4 is 0 Å². The number of halogens is 1. The fourth-order valence-electron chi connectivity index (χ4n) is 3.01. The number of nitriles is 1. The number of hydrogen-bond donors (Lipinski definition) is 1. The van der Waals surface area contributed by atoms with Gasteiger partial charge in [0, 0.05) is 22.7 Å². The number of rotatable bonds is 2. The fraction of sp³-hybridized carbons (Fsp3) is 0. The van der Waals surface area contributed by atoms with Crippen LogP contribution in [0, 0.1) is 17.1 Å². The van der Waals surface area contributed by atoms with Crippen molar-refractivity contribution >= 4 is 10.8 Å². The van der Waals surface area contributed by atoms with E-state index in [9.17, 15) is 14.8 Å². The number of benzene rings is 2. The van der Waals surface area contributed by atoms with Crippen LogP contribution in [0.5, 0.6) is 5.88 Å². The number of aromatic nitrogens is 2. The molecule has 0 unspecified atom stereocenters. The standard InChI is InChI=1S/C21H12FN3O/c22-15-5-3-4-14(10-15)20-17-11-13(18-6-1-2-9-24-18)7-8-16(17)21(26)25-19(20)12-23/h1-11H,(H,25,26). The van der Waals surface area contributed by atoms with Crippen molar-refractivity contribution < 1.29 is 9.50 Å². The molecule has 0 saturated carbocycles. The van der Waals surface area contributed by atoms with Gasteiger partial charge in [-0.15, -0.1) is 0 Å². The van der Waals surface area contributed by atoms with E-state index >= 15 is 0 Å². The van der Waals surface area contributed by atoms with E-state index in [0.717, 1.165) is 11.3 Å². The smallest absolute Gasteiger partial charge is 0.220 e. The first-order valence-corrected chi connectivity index (χ1v) is 7.91. The molecule has 26 heavy (non-hydrogen) atoms. The van der Waals surface area contributed by atoms with Crippen molar-refractivity contribution in [1.29, 1.82) is 5.26 Å². The third kappa shape index (κ3) is 2.64. The monoisotopic (exact) mass is 341 g/mol. The van der Waals surface area contributed by atoms with Crippen LogP contribution in [0.4, 0.5) is 4.39 Å². The van der Waals surface area contributed by atoms with Crippen molar-refractivity contribution in [3.05, 3.63) is 78.4 Å². The van der Waals surface area contributed by atoms with Gasteiger partial charge in [-0.25, -0.2) is 9.37 Å². The average molecular weight is 341 g/mol. The highest BCUT2D eigenvalue weighted by Gasteiger charge is 2.16. The molecular weight excluding hydrogens is 329 g/mol. The molecule has 0 fully saturated rings. The Kier molecular flexibility index (Phi) is 3.79. The highest BCUT2D eigenvalue weighted by atomic mass is 19.1. The van der Waals surface area contributed by atoms with E-state index in [-0.39, 0.29) is 11.6 Å². The maximum absolute atomic E-state index is 13.7. The molecule has 5 heteroatoms. The normalized spacial score (nSPS) is 10.6. The summed E-state index contributed by atoms with van der Waals surface area (Å²) in [5, 5.41) is 20.8. The quantitative estimate of drug-likeness (QED) is 0.575. The molecule has 2 aromatic carbocycles. The molecule has 0 radical (unpaired) electrons. The number of aromatic hydroxyl groups is 1. The fourth-order valence-corrected chi connectivity index (χ4v) is 3.01. The molecule has 0 aliphatic heterocycles. The van der Waals surface area contributed by atoms with Gasteiger partial charge in [-0.1, -0.05) is 24.3 Å². The van der Waals surface area contributed by atoms with Crippen LogP contribution in [0.15, 0.2) is 66.9 Å². The van der Waals surface area contributed by atoms with Gasteiger partial charge < -0.3 is 5.11 Å². The van der Waals surface area contributed by atoms with E-state index < -0.39 is 5.82 Å². The number of hydrogen-bond acceptors (Lipinski definition) is 4. The Morgan fingerprint density at radius 3 is 2.54 bits per heavy atom. The van der Waals surface area contributed by atoms with Gasteiger partial charge in [-0.2, -0.15) is 5.26 Å². The highest BCUT2D eigenvalue weighted by Crippen LogP contribution is 2.37. The van der Waals surface area contributed by atoms with Gasteiger partial charge in [-0.3, -0.25) is 4.98 Å². The van der Waals surface area contributed by atoms with Crippen LogP contribution in [-0.4, -0.2) is 15.1 Å². The minimum Gasteiger partial charge on any atom is -0.493 e. The molecule has 0 spiro atoms. The third-order valence-electron chi connectivity index (χ3n) is 4.16. The average Bonchev–Trinajstić information content (AvgIpc) is 2.68. The topological polar surface area (TPSA) is 69.8 Å². The molecule has 0 atom stereocenters. The van der Waals surface area contributed by atoms with E-state index in [0.29, 0.717) is 21.9 Å². The Morgan fingerprint density at radius 1 is 0.923 bits per heavy atom. The van der Waals surface area contributed by atoms with Gasteiger partial charge in [0.05, 0.1) is 5.69 Å². The number of nitrogens with zero attached hydrogens (tertiary/aromatic N) is 3. The molecule has 0 bridgehead atoms. The van der Waals surface area contributed by atoms with Crippen LogP contribution >= 0.6 is 0 Å². The summed E-state index contributed by atoms with van der Waals surface area (Å²) in [6, 6.07) is 18.9. The first-order chi connectivity index (χ1) is 12.7. The molecule has 4 nitrogen and oxygen atoms in total. The van der Waals surface area contributed by atoms with Crippen LogP contribution in [0.1, 0.15) is 5.69 Å². The van der Waals surface area contributed by atoms with Crippen LogP contribution in [-0.2, 0) is 0 Å². The predicted octanol–water partition coefficient (Wildman–Crippen LogP) is 4.68. The molecule has 2 heterocycles. The Hall–Kier alpha value is -3.78. The largest absolute Gasteiger partial charge is 0.493 e. The Labute approximate surface area is 148 Å². The lowest BCUT2D eigenvalue weighted by Crippen LogP contribution is -1.94. The Bertz CT molecular complexity index is 1170. The highest BCUT2D eigenvalue weighted by molar-refractivity contribution is 6.02. The summed E-state index contributed by atoms with van der Waals surface area (Å²) in [4.78, 5) is 8.32. The molecule has 0 aliphatic rings. The van der Waals surface area contributed by atoms with Crippen molar-refractivity contribution in [2.75, 3.05) is 0 Å². The van der Waals surface area contributed by atoms with E-state index in [2.05, 4.69) is 9.97 Å². The van der Waals surface area contributed by atoms with Gasteiger partial charge in [0.25, 0.3) is 0 Å². The molecule has 0 amide bonds. The van der Waals surface area contributed by atoms with Crippen LogP contribution in [0.3, 0.4) is 0 Å². The van der Waals surface area contributed by atoms with E-state index in [1.54, 1.807) is 24.4 Å². The SMILES string of the molecule is N#Cc1nc(O)c2ccc(-c3ccccn3)cc2c1-c1cccc(F)c1. The van der Waals surface area contributed by atoms with Gasteiger partial charge in [0.1, 0.15) is 11.9 Å². The molecule has 0 saturated heterocycles. The zero-order chi connectivity index (χ0) is 18.1. The van der Waals surface area contributed by atoms with Crippen molar-refractivity contribution in [3.8, 4) is 34.3 Å². The second-order valence-corrected chi connectivity index (χ2v) is 5.76. The summed E-state index contributed by atoms with van der Waals surface area (Å²) in [6.07, 6.45) is 1.69. The van der Waals surface area contributed by atoms with Crippen LogP contribution in [0.25, 0.3) is 33.2 Å².